The number of carbonyl (C=O) groups excluding carboxylic acids is 2. The lowest BCUT2D eigenvalue weighted by Gasteiger charge is -2.17. The Labute approximate surface area is 113 Å². The SMILES string of the molecule is O=C1C(=O)N(CCSC(F)(F)F)c2c(F)cc(F)cc21. The Morgan fingerprint density at radius 1 is 1.15 bits per heavy atom. The van der Waals surface area contributed by atoms with Crippen LogP contribution in [0.5, 0.6) is 0 Å². The molecule has 0 radical (unpaired) electrons. The van der Waals surface area contributed by atoms with Crippen LogP contribution in [0.2, 0.25) is 0 Å². The summed E-state index contributed by atoms with van der Waals surface area (Å²) in [5, 5.41) is 0. The Kier molecular flexibility index (Phi) is 3.72. The lowest BCUT2D eigenvalue weighted by Crippen LogP contribution is -2.32. The molecule has 0 atom stereocenters. The second kappa shape index (κ2) is 5.04. The number of hydrogen-bond acceptors (Lipinski definition) is 3. The van der Waals surface area contributed by atoms with Crippen LogP contribution in [0, 0.1) is 11.6 Å². The van der Waals surface area contributed by atoms with Crippen LogP contribution in [0.25, 0.3) is 0 Å². The molecule has 1 aliphatic rings. The average Bonchev–Trinajstić information content (AvgIpc) is 2.53. The number of thioether (sulfide) groups is 1. The number of halogens is 5. The molecule has 2 rings (SSSR count). The molecule has 0 spiro atoms. The number of fused-ring (bicyclic) bond motifs is 1. The first kappa shape index (κ1) is 14.8. The molecule has 0 bridgehead atoms. The summed E-state index contributed by atoms with van der Waals surface area (Å²) in [6.07, 6.45) is 0. The normalized spacial score (nSPS) is 14.9. The molecule has 9 heteroatoms. The fourth-order valence-corrected chi connectivity index (χ4v) is 2.32. The van der Waals surface area contributed by atoms with Gasteiger partial charge in [0.25, 0.3) is 11.7 Å². The van der Waals surface area contributed by atoms with E-state index in [1.807, 2.05) is 0 Å². The van der Waals surface area contributed by atoms with Crippen molar-refractivity contribution >= 4 is 29.1 Å². The van der Waals surface area contributed by atoms with E-state index in [-0.39, 0.29) is 0 Å². The van der Waals surface area contributed by atoms with Gasteiger partial charge in [-0.05, 0) is 17.8 Å². The van der Waals surface area contributed by atoms with Gasteiger partial charge in [0, 0.05) is 18.4 Å². The standard InChI is InChI=1S/C11H6F5NO2S/c12-5-3-6-8(7(13)4-5)17(10(19)9(6)18)1-2-20-11(14,15)16/h3-4H,1-2H2. The highest BCUT2D eigenvalue weighted by atomic mass is 32.2. The number of carbonyl (C=O) groups is 2. The molecule has 3 nitrogen and oxygen atoms in total. The summed E-state index contributed by atoms with van der Waals surface area (Å²) in [7, 11) is 0. The van der Waals surface area contributed by atoms with Crippen LogP contribution in [-0.4, -0.2) is 29.5 Å². The van der Waals surface area contributed by atoms with Crippen molar-refractivity contribution < 1.29 is 31.5 Å². The number of alkyl halides is 3. The molecular formula is C11H6F5NO2S. The predicted molar refractivity (Wildman–Crippen MR) is 61.6 cm³/mol. The highest BCUT2D eigenvalue weighted by molar-refractivity contribution is 8.00. The van der Waals surface area contributed by atoms with Crippen molar-refractivity contribution in [1.82, 2.24) is 0 Å². The molecule has 1 aliphatic heterocycles. The van der Waals surface area contributed by atoms with Crippen molar-refractivity contribution in [2.24, 2.45) is 0 Å². The van der Waals surface area contributed by atoms with Gasteiger partial charge >= 0.3 is 5.51 Å². The monoisotopic (exact) mass is 311 g/mol. The Bertz CT molecular complexity index is 587. The summed E-state index contributed by atoms with van der Waals surface area (Å²) < 4.78 is 62.6. The van der Waals surface area contributed by atoms with Gasteiger partial charge in [-0.3, -0.25) is 9.59 Å². The lowest BCUT2D eigenvalue weighted by molar-refractivity contribution is -0.114. The number of nitrogens with zero attached hydrogens (tertiary/aromatic N) is 1. The van der Waals surface area contributed by atoms with E-state index >= 15 is 0 Å². The molecular weight excluding hydrogens is 305 g/mol. The van der Waals surface area contributed by atoms with Gasteiger partial charge in [-0.1, -0.05) is 0 Å². The van der Waals surface area contributed by atoms with Crippen LogP contribution in [-0.2, 0) is 4.79 Å². The molecule has 0 fully saturated rings. The van der Waals surface area contributed by atoms with E-state index in [9.17, 15) is 31.5 Å². The number of hydrogen-bond donors (Lipinski definition) is 0. The molecule has 108 valence electrons. The Morgan fingerprint density at radius 3 is 2.40 bits per heavy atom. The van der Waals surface area contributed by atoms with Crippen LogP contribution < -0.4 is 4.90 Å². The molecule has 0 N–H and O–H groups in total. The third-order valence-electron chi connectivity index (χ3n) is 2.56. The Balaban J connectivity index is 2.25. The van der Waals surface area contributed by atoms with Crippen LogP contribution in [0.4, 0.5) is 27.6 Å². The molecule has 1 aromatic carbocycles. The van der Waals surface area contributed by atoms with E-state index < -0.39 is 64.1 Å². The first-order chi connectivity index (χ1) is 9.20. The van der Waals surface area contributed by atoms with E-state index in [1.54, 1.807) is 0 Å². The first-order valence-corrected chi connectivity index (χ1v) is 6.25. The van der Waals surface area contributed by atoms with E-state index in [0.29, 0.717) is 17.0 Å². The fourth-order valence-electron chi connectivity index (χ4n) is 1.82. The quantitative estimate of drug-likeness (QED) is 0.636. The largest absolute Gasteiger partial charge is 0.441 e. The number of benzene rings is 1. The van der Waals surface area contributed by atoms with Gasteiger partial charge in [0.05, 0.1) is 11.3 Å². The van der Waals surface area contributed by atoms with Gasteiger partial charge in [-0.2, -0.15) is 13.2 Å². The lowest BCUT2D eigenvalue weighted by atomic mass is 10.1. The topological polar surface area (TPSA) is 37.4 Å². The third-order valence-corrected chi connectivity index (χ3v) is 3.28. The summed E-state index contributed by atoms with van der Waals surface area (Å²) in [4.78, 5) is 23.7. The molecule has 0 unspecified atom stereocenters. The minimum absolute atomic E-state index is 0.394. The van der Waals surface area contributed by atoms with Crippen molar-refractivity contribution in [2.45, 2.75) is 5.51 Å². The van der Waals surface area contributed by atoms with Gasteiger partial charge in [-0.25, -0.2) is 8.78 Å². The molecule has 1 heterocycles. The molecule has 1 aromatic rings. The van der Waals surface area contributed by atoms with Crippen LogP contribution in [0.15, 0.2) is 12.1 Å². The number of anilines is 1. The summed E-state index contributed by atoms with van der Waals surface area (Å²) in [5.41, 5.74) is -5.43. The average molecular weight is 311 g/mol. The van der Waals surface area contributed by atoms with E-state index in [1.165, 1.54) is 0 Å². The smallest absolute Gasteiger partial charge is 0.301 e. The van der Waals surface area contributed by atoms with Crippen LogP contribution in [0.3, 0.4) is 0 Å². The van der Waals surface area contributed by atoms with Crippen molar-refractivity contribution in [3.8, 4) is 0 Å². The highest BCUT2D eigenvalue weighted by Gasteiger charge is 2.39. The molecule has 0 aromatic heterocycles. The van der Waals surface area contributed by atoms with Crippen LogP contribution in [0.1, 0.15) is 10.4 Å². The number of rotatable bonds is 3. The van der Waals surface area contributed by atoms with Gasteiger partial charge in [0.1, 0.15) is 5.82 Å². The van der Waals surface area contributed by atoms with Crippen molar-refractivity contribution in [1.29, 1.82) is 0 Å². The second-order valence-electron chi connectivity index (χ2n) is 3.86. The Hall–Kier alpha value is -1.64. The maximum Gasteiger partial charge on any atom is 0.441 e. The maximum absolute atomic E-state index is 13.6. The molecule has 1 amide bonds. The van der Waals surface area contributed by atoms with Gasteiger partial charge in [0.15, 0.2) is 5.82 Å². The fraction of sp³-hybridized carbons (Fsp3) is 0.273. The van der Waals surface area contributed by atoms with Crippen molar-refractivity contribution in [3.63, 3.8) is 0 Å². The van der Waals surface area contributed by atoms with Crippen molar-refractivity contribution in [2.75, 3.05) is 17.2 Å². The van der Waals surface area contributed by atoms with Gasteiger partial charge < -0.3 is 4.90 Å². The zero-order valence-electron chi connectivity index (χ0n) is 9.63. The first-order valence-electron chi connectivity index (χ1n) is 5.26. The molecule has 0 saturated carbocycles. The maximum atomic E-state index is 13.6. The zero-order chi connectivity index (χ0) is 15.1. The summed E-state index contributed by atoms with van der Waals surface area (Å²) in [6.45, 7) is -0.496. The van der Waals surface area contributed by atoms with Gasteiger partial charge in [0.2, 0.25) is 0 Å². The summed E-state index contributed by atoms with van der Waals surface area (Å²) in [6, 6.07) is 1.16. The second-order valence-corrected chi connectivity index (χ2v) is 5.02. The number of Topliss-reactive ketones (excluding diaryl/α,β-unsaturated/α-hetero) is 1. The van der Waals surface area contributed by atoms with Crippen LogP contribution >= 0.6 is 11.8 Å². The number of amides is 1. The zero-order valence-corrected chi connectivity index (χ0v) is 10.4. The Morgan fingerprint density at radius 2 is 1.80 bits per heavy atom. The predicted octanol–water partition coefficient (Wildman–Crippen LogP) is 2.75. The van der Waals surface area contributed by atoms with E-state index in [4.69, 9.17) is 0 Å². The van der Waals surface area contributed by atoms with E-state index in [0.717, 1.165) is 0 Å². The van der Waals surface area contributed by atoms with Gasteiger partial charge in [-0.15, -0.1) is 0 Å². The number of ketones is 1. The third kappa shape index (κ3) is 2.77. The minimum atomic E-state index is -4.49. The highest BCUT2D eigenvalue weighted by Crippen LogP contribution is 2.34. The minimum Gasteiger partial charge on any atom is -0.301 e. The molecule has 0 aliphatic carbocycles. The van der Waals surface area contributed by atoms with E-state index in [2.05, 4.69) is 0 Å². The van der Waals surface area contributed by atoms with Crippen molar-refractivity contribution in [3.05, 3.63) is 29.3 Å². The summed E-state index contributed by atoms with van der Waals surface area (Å²) in [5.74, 6) is -5.04. The molecule has 20 heavy (non-hydrogen) atoms. The summed E-state index contributed by atoms with van der Waals surface area (Å²) >= 11 is -0.394. The molecule has 0 saturated heterocycles.